The van der Waals surface area contributed by atoms with E-state index in [2.05, 4.69) is 110 Å². The second-order valence-corrected chi connectivity index (χ2v) is 11.8. The number of nitrogens with zero attached hydrogens (tertiary/aromatic N) is 5. The number of H-pyrrole nitrogens is 1. The monoisotopic (exact) mass is 548 g/mol. The van der Waals surface area contributed by atoms with Crippen molar-refractivity contribution >= 4 is 0 Å². The first-order chi connectivity index (χ1) is 19.8. The van der Waals surface area contributed by atoms with Crippen LogP contribution in [0.5, 0.6) is 0 Å². The highest BCUT2D eigenvalue weighted by Crippen LogP contribution is 2.33. The first-order valence-corrected chi connectivity index (χ1v) is 14.7. The van der Waals surface area contributed by atoms with Gasteiger partial charge >= 0.3 is 5.69 Å². The van der Waals surface area contributed by atoms with Crippen LogP contribution in [0.3, 0.4) is 0 Å². The number of aromatic amines is 1. The normalized spacial score (nSPS) is 11.7. The molecule has 0 fully saturated rings. The molecule has 5 rings (SSSR count). The predicted molar refractivity (Wildman–Crippen MR) is 165 cm³/mol. The maximum atomic E-state index is 14.3. The molecule has 0 saturated carbocycles. The molecule has 0 unspecified atom stereocenters. The van der Waals surface area contributed by atoms with Crippen LogP contribution in [-0.4, -0.2) is 29.8 Å². The van der Waals surface area contributed by atoms with Crippen molar-refractivity contribution in [2.24, 2.45) is 0 Å². The van der Waals surface area contributed by atoms with E-state index in [4.69, 9.17) is 0 Å². The molecule has 0 aliphatic carbocycles. The number of imidazole rings is 1. The first kappa shape index (κ1) is 28.3. The molecular formula is C34H40N6O. The van der Waals surface area contributed by atoms with E-state index in [-0.39, 0.29) is 11.1 Å². The number of hydrogen-bond donors (Lipinski definition) is 1. The minimum absolute atomic E-state index is 0.00148. The Morgan fingerprint density at radius 1 is 0.878 bits per heavy atom. The molecule has 7 heteroatoms. The third-order valence-corrected chi connectivity index (χ3v) is 7.63. The molecule has 0 radical (unpaired) electrons. The molecule has 5 aromatic rings. The zero-order valence-electron chi connectivity index (χ0n) is 24.8. The first-order valence-electron chi connectivity index (χ1n) is 14.7. The predicted octanol–water partition coefficient (Wildman–Crippen LogP) is 7.13. The fourth-order valence-electron chi connectivity index (χ4n) is 5.57. The highest BCUT2D eigenvalue weighted by Gasteiger charge is 2.24. The fraction of sp³-hybridized carbons (Fsp3) is 0.353. The largest absolute Gasteiger partial charge is 0.333 e. The van der Waals surface area contributed by atoms with Gasteiger partial charge in [0.15, 0.2) is 0 Å². The molecule has 0 aliphatic rings. The molecular weight excluding hydrogens is 508 g/mol. The summed E-state index contributed by atoms with van der Waals surface area (Å²) in [7, 11) is 0. The van der Waals surface area contributed by atoms with Crippen molar-refractivity contribution in [1.29, 1.82) is 0 Å². The van der Waals surface area contributed by atoms with Crippen LogP contribution in [0.1, 0.15) is 76.3 Å². The molecule has 212 valence electrons. The van der Waals surface area contributed by atoms with E-state index in [1.54, 1.807) is 0 Å². The van der Waals surface area contributed by atoms with Crippen molar-refractivity contribution in [2.45, 2.75) is 78.7 Å². The van der Waals surface area contributed by atoms with E-state index in [1.165, 1.54) is 11.1 Å². The van der Waals surface area contributed by atoms with Gasteiger partial charge in [-0.05, 0) is 63.8 Å². The molecule has 0 saturated heterocycles. The molecule has 41 heavy (non-hydrogen) atoms. The second-order valence-electron chi connectivity index (χ2n) is 11.8. The topological polar surface area (TPSA) is 81.4 Å². The van der Waals surface area contributed by atoms with Gasteiger partial charge in [0.05, 0.1) is 12.2 Å². The van der Waals surface area contributed by atoms with Gasteiger partial charge in [0.1, 0.15) is 0 Å². The Labute approximate surface area is 242 Å². The van der Waals surface area contributed by atoms with E-state index in [0.717, 1.165) is 65.7 Å². The Kier molecular flexibility index (Phi) is 8.34. The summed E-state index contributed by atoms with van der Waals surface area (Å²) in [4.78, 5) is 14.3. The molecule has 3 aromatic carbocycles. The van der Waals surface area contributed by atoms with Gasteiger partial charge in [-0.25, -0.2) is 4.79 Å². The quantitative estimate of drug-likeness (QED) is 0.201. The van der Waals surface area contributed by atoms with Gasteiger partial charge in [0.2, 0.25) is 5.82 Å². The standard InChI is InChI=1S/C34H40N6O/c1-6-8-17-27-23-40(31-26(13-7-2)16-12-18-30(31)34(3,4)5)33(41)39(27)22-24-19-20-28(25-14-10-9-11-15-25)29(21-24)32-35-37-38-36-32/h9-12,14-16,18-21,23H,6-8,13,17,22H2,1-5H3,(H,35,36,37,38). The number of aromatic nitrogens is 6. The van der Waals surface area contributed by atoms with Crippen LogP contribution in [0.25, 0.3) is 28.2 Å². The summed E-state index contributed by atoms with van der Waals surface area (Å²) >= 11 is 0. The van der Waals surface area contributed by atoms with Crippen LogP contribution < -0.4 is 5.69 Å². The number of benzene rings is 3. The lowest BCUT2D eigenvalue weighted by atomic mass is 9.84. The number of para-hydroxylation sites is 1. The summed E-state index contributed by atoms with van der Waals surface area (Å²) in [6.45, 7) is 11.5. The number of hydrogen-bond acceptors (Lipinski definition) is 4. The van der Waals surface area contributed by atoms with Gasteiger partial charge in [-0.2, -0.15) is 5.21 Å². The SMILES string of the molecule is CCCCc1cn(-c2c(CCC)cccc2C(C)(C)C)c(=O)n1Cc1ccc(-c2ccccc2)c(-c2nn[nH]n2)c1. The zero-order chi connectivity index (χ0) is 29.0. The molecule has 0 amide bonds. The van der Waals surface area contributed by atoms with Gasteiger partial charge in [-0.15, -0.1) is 10.2 Å². The third kappa shape index (κ3) is 5.94. The molecule has 0 spiro atoms. The molecule has 2 heterocycles. The average molecular weight is 549 g/mol. The van der Waals surface area contributed by atoms with Gasteiger partial charge in [0.25, 0.3) is 0 Å². The van der Waals surface area contributed by atoms with Crippen LogP contribution in [-0.2, 0) is 24.8 Å². The van der Waals surface area contributed by atoms with Gasteiger partial charge < -0.3 is 0 Å². The summed E-state index contributed by atoms with van der Waals surface area (Å²) < 4.78 is 3.86. The van der Waals surface area contributed by atoms with Crippen molar-refractivity contribution in [2.75, 3.05) is 0 Å². The van der Waals surface area contributed by atoms with Gasteiger partial charge in [-0.3, -0.25) is 9.13 Å². The Bertz CT molecular complexity index is 1660. The van der Waals surface area contributed by atoms with Crippen LogP contribution in [0.2, 0.25) is 0 Å². The second kappa shape index (κ2) is 12.1. The number of aryl methyl sites for hydroxylation is 2. The van der Waals surface area contributed by atoms with E-state index in [0.29, 0.717) is 12.4 Å². The Morgan fingerprint density at radius 2 is 1.68 bits per heavy atom. The van der Waals surface area contributed by atoms with E-state index >= 15 is 0 Å². The van der Waals surface area contributed by atoms with E-state index < -0.39 is 0 Å². The minimum Gasteiger partial charge on any atom is -0.292 e. The molecule has 1 N–H and O–H groups in total. The maximum absolute atomic E-state index is 14.3. The smallest absolute Gasteiger partial charge is 0.292 e. The fourth-order valence-corrected chi connectivity index (χ4v) is 5.57. The summed E-state index contributed by atoms with van der Waals surface area (Å²) in [5.74, 6) is 0.533. The zero-order valence-corrected chi connectivity index (χ0v) is 24.8. The van der Waals surface area contributed by atoms with Crippen molar-refractivity contribution in [1.82, 2.24) is 29.8 Å². The molecule has 7 nitrogen and oxygen atoms in total. The average Bonchev–Trinajstić information content (AvgIpc) is 3.61. The van der Waals surface area contributed by atoms with Gasteiger partial charge in [0, 0.05) is 17.5 Å². The maximum Gasteiger partial charge on any atom is 0.333 e. The lowest BCUT2D eigenvalue weighted by Gasteiger charge is -2.25. The van der Waals surface area contributed by atoms with E-state index in [1.807, 2.05) is 27.3 Å². The summed E-state index contributed by atoms with van der Waals surface area (Å²) in [6, 6.07) is 23.0. The van der Waals surface area contributed by atoms with Crippen LogP contribution >= 0.6 is 0 Å². The summed E-state index contributed by atoms with van der Waals surface area (Å²) in [5.41, 5.74) is 8.39. The lowest BCUT2D eigenvalue weighted by Crippen LogP contribution is -2.27. The molecule has 2 aromatic heterocycles. The highest BCUT2D eigenvalue weighted by atomic mass is 16.1. The van der Waals surface area contributed by atoms with Crippen LogP contribution in [0.15, 0.2) is 77.7 Å². The summed E-state index contributed by atoms with van der Waals surface area (Å²) in [6.07, 6.45) is 6.96. The highest BCUT2D eigenvalue weighted by molar-refractivity contribution is 5.80. The number of unbranched alkanes of at least 4 members (excludes halogenated alkanes) is 1. The summed E-state index contributed by atoms with van der Waals surface area (Å²) in [5, 5.41) is 14.9. The van der Waals surface area contributed by atoms with Crippen LogP contribution in [0.4, 0.5) is 0 Å². The van der Waals surface area contributed by atoms with Gasteiger partial charge in [-0.1, -0.05) is 108 Å². The minimum atomic E-state index is -0.100. The van der Waals surface area contributed by atoms with Crippen molar-refractivity contribution in [3.63, 3.8) is 0 Å². The number of nitrogens with one attached hydrogen (secondary N) is 1. The van der Waals surface area contributed by atoms with Crippen molar-refractivity contribution in [3.05, 3.63) is 106 Å². The molecule has 0 atom stereocenters. The number of rotatable bonds is 10. The number of tetrazole rings is 1. The lowest BCUT2D eigenvalue weighted by molar-refractivity contribution is 0.583. The molecule has 0 aliphatic heterocycles. The Hall–Kier alpha value is -4.26. The Balaban J connectivity index is 1.64. The van der Waals surface area contributed by atoms with Crippen LogP contribution in [0, 0.1) is 0 Å². The third-order valence-electron chi connectivity index (χ3n) is 7.63. The molecule has 0 bridgehead atoms. The van der Waals surface area contributed by atoms with E-state index in [9.17, 15) is 4.79 Å². The Morgan fingerprint density at radius 3 is 2.37 bits per heavy atom. The van der Waals surface area contributed by atoms with Crippen molar-refractivity contribution < 1.29 is 0 Å². The van der Waals surface area contributed by atoms with Crippen molar-refractivity contribution in [3.8, 4) is 28.2 Å².